The Bertz CT molecular complexity index is 3260. The van der Waals surface area contributed by atoms with Gasteiger partial charge in [0.15, 0.2) is 0 Å². The first-order valence-electron chi connectivity index (χ1n) is 22.0. The monoisotopic (exact) mass is 1050 g/mol. The number of hydrogen-bond donors (Lipinski definition) is 0. The Labute approximate surface area is 396 Å². The molecule has 6 heterocycles. The van der Waals surface area contributed by atoms with Crippen LogP contribution in [0.2, 0.25) is 19.6 Å². The van der Waals surface area contributed by atoms with Crippen LogP contribution < -0.4 is 5.19 Å². The van der Waals surface area contributed by atoms with Crippen LogP contribution in [0, 0.1) is 26.1 Å². The Balaban J connectivity index is 0.000000192. The third-order valence-corrected chi connectivity index (χ3v) is 13.8. The Morgan fingerprint density at radius 2 is 1.38 bits per heavy atom. The molecule has 0 saturated heterocycles. The molecule has 0 aliphatic carbocycles. The molecule has 9 heteroatoms. The summed E-state index contributed by atoms with van der Waals surface area (Å²) in [6.07, 6.45) is 9.08. The average Bonchev–Trinajstić information content (AvgIpc) is 3.88. The minimum atomic E-state index is -1.49. The van der Waals surface area contributed by atoms with Gasteiger partial charge in [0.2, 0.25) is 0 Å². The van der Waals surface area contributed by atoms with Crippen molar-refractivity contribution >= 4 is 46.4 Å². The molecule has 327 valence electrons. The predicted octanol–water partition coefficient (Wildman–Crippen LogP) is 13.9. The molecule has 0 N–H and O–H groups in total. The summed E-state index contributed by atoms with van der Waals surface area (Å²) in [5.41, 5.74) is 16.3. The van der Waals surface area contributed by atoms with Crippen LogP contribution in [-0.2, 0) is 20.1 Å². The van der Waals surface area contributed by atoms with Crippen molar-refractivity contribution in [3.8, 4) is 50.6 Å². The molecule has 0 amide bonds. The molecule has 4 aromatic carbocycles. The van der Waals surface area contributed by atoms with Gasteiger partial charge < -0.3 is 19.0 Å². The molecule has 0 aliphatic rings. The maximum Gasteiger partial charge on any atom is 0.144 e. The normalized spacial score (nSPS) is 11.6. The molecule has 6 aromatic heterocycles. The van der Waals surface area contributed by atoms with Crippen molar-refractivity contribution in [3.05, 3.63) is 175 Å². The van der Waals surface area contributed by atoms with E-state index in [9.17, 15) is 0 Å². The zero-order valence-electron chi connectivity index (χ0n) is 38.4. The van der Waals surface area contributed by atoms with Crippen LogP contribution in [0.3, 0.4) is 0 Å². The fraction of sp³-hybridized carbons (Fsp3) is 0.196. The topological polar surface area (TPSA) is 82.5 Å². The average molecular weight is 1050 g/mol. The summed E-state index contributed by atoms with van der Waals surface area (Å²) in [5, 5.41) is 3.33. The SMILES string of the molecule is CC(C)c1ccc(-c2cc(-c3[c-]cccc3)ncc2[Si](C)(C)C)cc1.Cc1cc2c(oc3n[c-]c(-c4nc5cncc(C(C)C)c5n4-c4ccc(-c5ccccc5)cc4)cc32)c(C)n1.[Ir]. The molecular weight excluding hydrogens is 993 g/mol. The first kappa shape index (κ1) is 45.2. The second kappa shape index (κ2) is 18.6. The van der Waals surface area contributed by atoms with Crippen molar-refractivity contribution in [1.82, 2.24) is 29.5 Å². The predicted molar refractivity (Wildman–Crippen MR) is 266 cm³/mol. The molecule has 0 atom stereocenters. The second-order valence-corrected chi connectivity index (χ2v) is 23.2. The number of benzene rings is 4. The van der Waals surface area contributed by atoms with Gasteiger partial charge in [-0.1, -0.05) is 126 Å². The van der Waals surface area contributed by atoms with E-state index >= 15 is 0 Å². The third-order valence-electron chi connectivity index (χ3n) is 11.8. The number of aryl methyl sites for hydroxylation is 2. The number of pyridine rings is 4. The second-order valence-electron chi connectivity index (χ2n) is 18.2. The number of aromatic nitrogens is 6. The van der Waals surface area contributed by atoms with Crippen LogP contribution in [0.1, 0.15) is 62.0 Å². The number of imidazole rings is 1. The summed E-state index contributed by atoms with van der Waals surface area (Å²) in [5.74, 6) is 1.59. The van der Waals surface area contributed by atoms with Crippen LogP contribution in [0.4, 0.5) is 0 Å². The van der Waals surface area contributed by atoms with Gasteiger partial charge in [-0.05, 0) is 99.7 Å². The zero-order valence-corrected chi connectivity index (χ0v) is 41.8. The number of furan rings is 1. The summed E-state index contributed by atoms with van der Waals surface area (Å²) in [4.78, 5) is 23.5. The Hall–Kier alpha value is -6.38. The van der Waals surface area contributed by atoms with Gasteiger partial charge in [-0.25, -0.2) is 0 Å². The fourth-order valence-corrected chi connectivity index (χ4v) is 9.90. The molecule has 0 bridgehead atoms. The van der Waals surface area contributed by atoms with Gasteiger partial charge in [-0.2, -0.15) is 0 Å². The smallest absolute Gasteiger partial charge is 0.144 e. The van der Waals surface area contributed by atoms with Gasteiger partial charge in [0, 0.05) is 49.3 Å². The summed E-state index contributed by atoms with van der Waals surface area (Å²) < 4.78 is 8.28. The Kier molecular flexibility index (Phi) is 12.9. The number of hydrogen-bond acceptors (Lipinski definition) is 6. The van der Waals surface area contributed by atoms with E-state index in [-0.39, 0.29) is 26.0 Å². The maximum atomic E-state index is 6.07. The maximum absolute atomic E-state index is 6.07. The van der Waals surface area contributed by atoms with Crippen molar-refractivity contribution in [2.75, 3.05) is 0 Å². The van der Waals surface area contributed by atoms with E-state index in [1.54, 1.807) is 0 Å². The first-order chi connectivity index (χ1) is 30.8. The van der Waals surface area contributed by atoms with E-state index in [1.807, 2.05) is 56.6 Å². The minimum Gasteiger partial charge on any atom is -0.481 e. The molecule has 0 aliphatic heterocycles. The number of fused-ring (bicyclic) bond motifs is 4. The zero-order chi connectivity index (χ0) is 44.7. The molecule has 0 unspecified atom stereocenters. The Morgan fingerprint density at radius 1 is 0.677 bits per heavy atom. The van der Waals surface area contributed by atoms with Crippen molar-refractivity contribution in [1.29, 1.82) is 0 Å². The Morgan fingerprint density at radius 3 is 2.06 bits per heavy atom. The van der Waals surface area contributed by atoms with E-state index in [2.05, 4.69) is 176 Å². The number of nitrogens with zero attached hydrogens (tertiary/aromatic N) is 6. The minimum absolute atomic E-state index is 0. The fourth-order valence-electron chi connectivity index (χ4n) is 8.42. The molecular formula is C56H52IrN6OSi-2. The molecule has 7 nitrogen and oxygen atoms in total. The molecule has 0 saturated carbocycles. The molecule has 10 rings (SSSR count). The first-order valence-corrected chi connectivity index (χ1v) is 25.5. The van der Waals surface area contributed by atoms with Crippen LogP contribution in [0.25, 0.3) is 83.7 Å². The van der Waals surface area contributed by atoms with Crippen LogP contribution in [-0.4, -0.2) is 37.6 Å². The van der Waals surface area contributed by atoms with E-state index in [1.165, 1.54) is 27.4 Å². The molecule has 0 spiro atoms. The van der Waals surface area contributed by atoms with Gasteiger partial charge in [-0.3, -0.25) is 15.0 Å². The molecule has 0 fully saturated rings. The van der Waals surface area contributed by atoms with Crippen molar-refractivity contribution in [2.45, 2.75) is 73.0 Å². The van der Waals surface area contributed by atoms with E-state index in [0.29, 0.717) is 11.6 Å². The molecule has 1 radical (unpaired) electrons. The van der Waals surface area contributed by atoms with E-state index < -0.39 is 8.07 Å². The van der Waals surface area contributed by atoms with Crippen molar-refractivity contribution in [2.24, 2.45) is 0 Å². The molecule has 65 heavy (non-hydrogen) atoms. The van der Waals surface area contributed by atoms with Crippen LogP contribution >= 0.6 is 0 Å². The van der Waals surface area contributed by atoms with Gasteiger partial charge in [0.05, 0.1) is 36.8 Å². The summed E-state index contributed by atoms with van der Waals surface area (Å²) in [6, 6.07) is 45.7. The van der Waals surface area contributed by atoms with E-state index in [4.69, 9.17) is 14.4 Å². The summed E-state index contributed by atoms with van der Waals surface area (Å²) in [6.45, 7) is 19.9. The van der Waals surface area contributed by atoms with Crippen LogP contribution in [0.5, 0.6) is 0 Å². The number of rotatable bonds is 8. The van der Waals surface area contributed by atoms with Gasteiger partial charge >= 0.3 is 0 Å². The molecule has 10 aromatic rings. The standard InChI is InChI=1S/C33H26N5O.C23H26NSi.Ir/c1-19(2)28-17-34-18-29-30(28)38(25-12-10-23(11-13-25)22-8-6-5-7-9-22)32(37-29)24-15-27-26-14-20(3)36-21(4)31(26)39-33(27)35-16-24;1-17(2)18-11-13-19(14-12-18)21-15-22(20-9-7-6-8-10-20)24-16-23(21)25(3,4)5;/h5-15,17-19H,1-4H3;6-9,11-17H,1-5H3;/q2*-1;. The summed E-state index contributed by atoms with van der Waals surface area (Å²) in [7, 11) is -1.49. The van der Waals surface area contributed by atoms with Gasteiger partial charge in [0.25, 0.3) is 0 Å². The van der Waals surface area contributed by atoms with Gasteiger partial charge in [0.1, 0.15) is 11.3 Å². The van der Waals surface area contributed by atoms with E-state index in [0.717, 1.165) is 78.2 Å². The largest absolute Gasteiger partial charge is 0.481 e. The van der Waals surface area contributed by atoms with Crippen LogP contribution in [0.15, 0.2) is 144 Å². The van der Waals surface area contributed by atoms with Crippen molar-refractivity contribution < 1.29 is 24.5 Å². The third kappa shape index (κ3) is 9.14. The van der Waals surface area contributed by atoms with Gasteiger partial charge in [-0.15, -0.1) is 42.0 Å². The van der Waals surface area contributed by atoms with Crippen molar-refractivity contribution in [3.63, 3.8) is 0 Å². The summed E-state index contributed by atoms with van der Waals surface area (Å²) >= 11 is 0. The quantitative estimate of drug-likeness (QED) is 0.111.